The van der Waals surface area contributed by atoms with Gasteiger partial charge in [-0.15, -0.1) is 0 Å². The molecular formula is C10H15BrF3NO. The molecule has 0 heterocycles. The highest BCUT2D eigenvalue weighted by Crippen LogP contribution is 2.28. The summed E-state index contributed by atoms with van der Waals surface area (Å²) >= 11 is 3.49. The summed E-state index contributed by atoms with van der Waals surface area (Å²) in [6, 6.07) is 0. The van der Waals surface area contributed by atoms with E-state index < -0.39 is 18.5 Å². The van der Waals surface area contributed by atoms with Gasteiger partial charge in [0.2, 0.25) is 5.91 Å². The van der Waals surface area contributed by atoms with Crippen molar-refractivity contribution in [2.45, 2.75) is 43.1 Å². The Morgan fingerprint density at radius 3 is 2.62 bits per heavy atom. The van der Waals surface area contributed by atoms with Crippen LogP contribution in [0.4, 0.5) is 13.2 Å². The maximum absolute atomic E-state index is 11.9. The fourth-order valence-electron chi connectivity index (χ4n) is 1.91. The van der Waals surface area contributed by atoms with E-state index in [-0.39, 0.29) is 0 Å². The highest BCUT2D eigenvalue weighted by Gasteiger charge is 2.31. The monoisotopic (exact) mass is 301 g/mol. The van der Waals surface area contributed by atoms with Crippen LogP contribution in [0.15, 0.2) is 0 Å². The lowest BCUT2D eigenvalue weighted by Gasteiger charge is -2.25. The second kappa shape index (κ2) is 5.89. The summed E-state index contributed by atoms with van der Waals surface area (Å²) in [6.45, 7) is 0.358. The summed E-state index contributed by atoms with van der Waals surface area (Å²) < 4.78 is 35.6. The number of amides is 1. The summed E-state index contributed by atoms with van der Waals surface area (Å²) in [7, 11) is 0. The van der Waals surface area contributed by atoms with E-state index in [9.17, 15) is 18.0 Å². The Morgan fingerprint density at radius 1 is 1.38 bits per heavy atom. The molecule has 1 amide bonds. The zero-order chi connectivity index (χ0) is 12.2. The minimum absolute atomic E-state index is 0.301. The van der Waals surface area contributed by atoms with Gasteiger partial charge >= 0.3 is 6.18 Å². The smallest absolute Gasteiger partial charge is 0.356 e. The zero-order valence-corrected chi connectivity index (χ0v) is 10.4. The molecule has 16 heavy (non-hydrogen) atoms. The van der Waals surface area contributed by atoms with Crippen LogP contribution in [0.25, 0.3) is 0 Å². The van der Waals surface area contributed by atoms with Crippen molar-refractivity contribution in [3.8, 4) is 0 Å². The average molecular weight is 302 g/mol. The average Bonchev–Trinajstić information content (AvgIpc) is 2.12. The maximum atomic E-state index is 11.9. The molecule has 1 N–H and O–H groups in total. The van der Waals surface area contributed by atoms with Crippen molar-refractivity contribution in [1.82, 2.24) is 5.32 Å². The van der Waals surface area contributed by atoms with Crippen LogP contribution in [0.1, 0.15) is 32.1 Å². The number of carbonyl (C=O) groups is 1. The predicted octanol–water partition coefficient (Wildman–Crippen LogP) is 3.01. The van der Waals surface area contributed by atoms with E-state index in [1.807, 2.05) is 0 Å². The summed E-state index contributed by atoms with van der Waals surface area (Å²) in [5.74, 6) is -0.625. The van der Waals surface area contributed by atoms with Gasteiger partial charge in [0.1, 0.15) is 6.42 Å². The molecule has 2 nitrogen and oxygen atoms in total. The van der Waals surface area contributed by atoms with Crippen LogP contribution in [-0.4, -0.2) is 23.5 Å². The van der Waals surface area contributed by atoms with Crippen LogP contribution in [0.3, 0.4) is 0 Å². The van der Waals surface area contributed by atoms with Crippen molar-refractivity contribution in [2.24, 2.45) is 5.92 Å². The molecule has 0 aromatic heterocycles. The SMILES string of the molecule is O=C(CC(F)(F)F)NCC1CCCC(Br)C1. The first-order valence-electron chi connectivity index (χ1n) is 5.34. The topological polar surface area (TPSA) is 29.1 Å². The van der Waals surface area contributed by atoms with E-state index in [4.69, 9.17) is 0 Å². The van der Waals surface area contributed by atoms with E-state index in [1.165, 1.54) is 0 Å². The van der Waals surface area contributed by atoms with Crippen molar-refractivity contribution >= 4 is 21.8 Å². The number of hydrogen-bond acceptors (Lipinski definition) is 1. The van der Waals surface area contributed by atoms with Crippen molar-refractivity contribution in [3.63, 3.8) is 0 Å². The number of alkyl halides is 4. The molecule has 1 rings (SSSR count). The Labute approximate surface area is 101 Å². The van der Waals surface area contributed by atoms with Crippen molar-refractivity contribution in [1.29, 1.82) is 0 Å². The van der Waals surface area contributed by atoms with Gasteiger partial charge in [-0.3, -0.25) is 4.79 Å². The number of nitrogens with one attached hydrogen (secondary N) is 1. The summed E-state index contributed by atoms with van der Waals surface area (Å²) in [5.41, 5.74) is 0. The standard InChI is InChI=1S/C10H15BrF3NO/c11-8-3-1-2-7(4-8)6-15-9(16)5-10(12,13)14/h7-8H,1-6H2,(H,15,16). The highest BCUT2D eigenvalue weighted by molar-refractivity contribution is 9.09. The van der Waals surface area contributed by atoms with E-state index >= 15 is 0 Å². The summed E-state index contributed by atoms with van der Waals surface area (Å²) in [4.78, 5) is 11.4. The molecule has 1 saturated carbocycles. The third-order valence-electron chi connectivity index (χ3n) is 2.67. The minimum Gasteiger partial charge on any atom is -0.356 e. The van der Waals surface area contributed by atoms with Crippen molar-refractivity contribution in [3.05, 3.63) is 0 Å². The van der Waals surface area contributed by atoms with E-state index in [1.54, 1.807) is 0 Å². The molecule has 1 aliphatic carbocycles. The van der Waals surface area contributed by atoms with Gasteiger partial charge in [0.05, 0.1) is 0 Å². The van der Waals surface area contributed by atoms with Gasteiger partial charge in [0.15, 0.2) is 0 Å². The molecule has 0 saturated heterocycles. The Bertz CT molecular complexity index is 245. The quantitative estimate of drug-likeness (QED) is 0.798. The zero-order valence-electron chi connectivity index (χ0n) is 8.82. The van der Waals surface area contributed by atoms with Gasteiger partial charge < -0.3 is 5.32 Å². The van der Waals surface area contributed by atoms with E-state index in [0.29, 0.717) is 17.3 Å². The molecule has 2 atom stereocenters. The number of carbonyl (C=O) groups excluding carboxylic acids is 1. The largest absolute Gasteiger partial charge is 0.397 e. The van der Waals surface area contributed by atoms with Gasteiger partial charge in [-0.2, -0.15) is 13.2 Å². The molecule has 1 fully saturated rings. The predicted molar refractivity (Wildman–Crippen MR) is 58.4 cm³/mol. The molecule has 0 aromatic rings. The Hall–Kier alpha value is -0.260. The third kappa shape index (κ3) is 5.72. The van der Waals surface area contributed by atoms with Gasteiger partial charge in [-0.1, -0.05) is 22.4 Å². The molecule has 94 valence electrons. The first kappa shape index (κ1) is 13.8. The minimum atomic E-state index is -4.41. The van der Waals surface area contributed by atoms with E-state index in [0.717, 1.165) is 25.7 Å². The molecule has 0 aromatic carbocycles. The van der Waals surface area contributed by atoms with Crippen LogP contribution in [0.5, 0.6) is 0 Å². The Morgan fingerprint density at radius 2 is 2.06 bits per heavy atom. The second-order valence-electron chi connectivity index (χ2n) is 4.23. The van der Waals surface area contributed by atoms with Crippen LogP contribution >= 0.6 is 15.9 Å². The van der Waals surface area contributed by atoms with Crippen molar-refractivity contribution < 1.29 is 18.0 Å². The van der Waals surface area contributed by atoms with Gasteiger partial charge in [-0.05, 0) is 25.2 Å². The van der Waals surface area contributed by atoms with Gasteiger partial charge in [0.25, 0.3) is 0 Å². The van der Waals surface area contributed by atoms with Crippen molar-refractivity contribution in [2.75, 3.05) is 6.54 Å². The van der Waals surface area contributed by atoms with Crippen LogP contribution in [-0.2, 0) is 4.79 Å². The molecular weight excluding hydrogens is 287 g/mol. The maximum Gasteiger partial charge on any atom is 0.397 e. The normalized spacial score (nSPS) is 26.5. The first-order chi connectivity index (χ1) is 7.37. The lowest BCUT2D eigenvalue weighted by atomic mass is 9.89. The van der Waals surface area contributed by atoms with Crippen LogP contribution in [0.2, 0.25) is 0 Å². The molecule has 0 bridgehead atoms. The summed E-state index contributed by atoms with van der Waals surface area (Å²) in [5, 5.41) is 2.35. The van der Waals surface area contributed by atoms with Crippen LogP contribution in [0, 0.1) is 5.92 Å². The fraction of sp³-hybridized carbons (Fsp3) is 0.900. The lowest BCUT2D eigenvalue weighted by Crippen LogP contribution is -2.34. The molecule has 6 heteroatoms. The third-order valence-corrected chi connectivity index (χ3v) is 3.50. The van der Waals surface area contributed by atoms with Gasteiger partial charge in [-0.25, -0.2) is 0 Å². The first-order valence-corrected chi connectivity index (χ1v) is 6.26. The van der Waals surface area contributed by atoms with E-state index in [2.05, 4.69) is 21.2 Å². The van der Waals surface area contributed by atoms with Crippen LogP contribution < -0.4 is 5.32 Å². The fourth-order valence-corrected chi connectivity index (χ4v) is 2.77. The van der Waals surface area contributed by atoms with Gasteiger partial charge in [0, 0.05) is 11.4 Å². The number of rotatable bonds is 3. The molecule has 1 aliphatic rings. The Balaban J connectivity index is 2.21. The second-order valence-corrected chi connectivity index (χ2v) is 5.52. The molecule has 0 spiro atoms. The number of hydrogen-bond donors (Lipinski definition) is 1. The molecule has 0 radical (unpaired) electrons. The summed E-state index contributed by atoms with van der Waals surface area (Å²) in [6.07, 6.45) is -1.71. The molecule has 2 unspecified atom stereocenters. The Kier molecular flexibility index (Phi) is 5.08. The highest BCUT2D eigenvalue weighted by atomic mass is 79.9. The molecule has 0 aliphatic heterocycles. The lowest BCUT2D eigenvalue weighted by molar-refractivity contribution is -0.153. The number of halogens is 4.